The van der Waals surface area contributed by atoms with E-state index in [0.29, 0.717) is 24.1 Å². The number of benzene rings is 2. The molecule has 122 valence electrons. The van der Waals surface area contributed by atoms with Gasteiger partial charge in [0.05, 0.1) is 12.7 Å². The Kier molecular flexibility index (Phi) is 4.61. The Morgan fingerprint density at radius 2 is 1.88 bits per heavy atom. The second kappa shape index (κ2) is 7.00. The molecular weight excluding hydrogens is 304 g/mol. The van der Waals surface area contributed by atoms with Crippen LogP contribution in [-0.2, 0) is 11.2 Å². The van der Waals surface area contributed by atoms with Crippen molar-refractivity contribution in [3.63, 3.8) is 0 Å². The van der Waals surface area contributed by atoms with Gasteiger partial charge in [0.1, 0.15) is 0 Å². The highest BCUT2D eigenvalue weighted by molar-refractivity contribution is 5.96. The van der Waals surface area contributed by atoms with E-state index in [9.17, 15) is 9.59 Å². The van der Waals surface area contributed by atoms with Crippen LogP contribution in [0.3, 0.4) is 0 Å². The number of H-pyrrole nitrogens is 1. The first-order valence-corrected chi connectivity index (χ1v) is 7.70. The molecule has 5 heteroatoms. The molecule has 2 aromatic carbocycles. The van der Waals surface area contributed by atoms with Crippen LogP contribution in [0.15, 0.2) is 54.7 Å². The zero-order valence-electron chi connectivity index (χ0n) is 13.3. The first-order chi connectivity index (χ1) is 11.7. The minimum absolute atomic E-state index is 0.0920. The first-order valence-electron chi connectivity index (χ1n) is 7.70. The molecule has 0 saturated carbocycles. The van der Waals surface area contributed by atoms with E-state index in [1.165, 1.54) is 7.11 Å². The highest BCUT2D eigenvalue weighted by Crippen LogP contribution is 2.20. The van der Waals surface area contributed by atoms with Crippen molar-refractivity contribution in [2.75, 3.05) is 13.7 Å². The van der Waals surface area contributed by atoms with Crippen molar-refractivity contribution < 1.29 is 14.3 Å². The predicted octanol–water partition coefficient (Wildman–Crippen LogP) is 2.93. The number of hydrogen-bond acceptors (Lipinski definition) is 3. The number of nitrogens with one attached hydrogen (secondary N) is 2. The summed E-state index contributed by atoms with van der Waals surface area (Å²) in [4.78, 5) is 26.9. The molecule has 0 aliphatic heterocycles. The van der Waals surface area contributed by atoms with Crippen molar-refractivity contribution in [2.45, 2.75) is 6.42 Å². The number of carbonyl (C=O) groups excluding carboxylic acids is 2. The minimum Gasteiger partial charge on any atom is -0.465 e. The molecule has 0 spiro atoms. The minimum atomic E-state index is -0.360. The van der Waals surface area contributed by atoms with Gasteiger partial charge < -0.3 is 15.0 Å². The van der Waals surface area contributed by atoms with E-state index < -0.39 is 0 Å². The Balaban J connectivity index is 1.69. The molecule has 0 saturated heterocycles. The number of methoxy groups -OCH3 is 1. The number of fused-ring (bicyclic) bond motifs is 1. The molecule has 2 N–H and O–H groups in total. The summed E-state index contributed by atoms with van der Waals surface area (Å²) < 4.78 is 4.76. The molecule has 1 aromatic heterocycles. The van der Waals surface area contributed by atoms with Crippen LogP contribution in [0.2, 0.25) is 0 Å². The molecule has 3 aromatic rings. The monoisotopic (exact) mass is 322 g/mol. The van der Waals surface area contributed by atoms with Crippen LogP contribution in [-0.4, -0.2) is 30.5 Å². The summed E-state index contributed by atoms with van der Waals surface area (Å²) in [5.74, 6) is -0.452. The first kappa shape index (κ1) is 15.8. The van der Waals surface area contributed by atoms with E-state index in [4.69, 9.17) is 4.74 Å². The van der Waals surface area contributed by atoms with Crippen LogP contribution in [0.4, 0.5) is 0 Å². The second-order valence-electron chi connectivity index (χ2n) is 5.44. The maximum atomic E-state index is 12.0. The zero-order chi connectivity index (χ0) is 16.9. The fourth-order valence-electron chi connectivity index (χ4n) is 2.63. The average Bonchev–Trinajstić information content (AvgIpc) is 3.04. The van der Waals surface area contributed by atoms with Gasteiger partial charge in [-0.1, -0.05) is 18.2 Å². The molecule has 0 unspecified atom stereocenters. The summed E-state index contributed by atoms with van der Waals surface area (Å²) in [5, 5.41) is 3.87. The van der Waals surface area contributed by atoms with E-state index in [0.717, 1.165) is 16.5 Å². The average molecular weight is 322 g/mol. The summed E-state index contributed by atoms with van der Waals surface area (Å²) in [7, 11) is 1.36. The molecule has 1 heterocycles. The van der Waals surface area contributed by atoms with Crippen molar-refractivity contribution in [1.29, 1.82) is 0 Å². The third-order valence-electron chi connectivity index (χ3n) is 3.90. The van der Waals surface area contributed by atoms with E-state index in [1.807, 2.05) is 36.5 Å². The van der Waals surface area contributed by atoms with Crippen molar-refractivity contribution in [2.24, 2.45) is 0 Å². The molecule has 5 nitrogen and oxygen atoms in total. The Morgan fingerprint density at radius 3 is 2.62 bits per heavy atom. The number of hydrogen-bond donors (Lipinski definition) is 2. The Bertz CT molecular complexity index is 869. The maximum Gasteiger partial charge on any atom is 0.337 e. The van der Waals surface area contributed by atoms with Gasteiger partial charge in [0.25, 0.3) is 5.91 Å². The van der Waals surface area contributed by atoms with Crippen LogP contribution in [0.5, 0.6) is 0 Å². The molecule has 0 bridgehead atoms. The number of amides is 1. The molecule has 0 atom stereocenters. The smallest absolute Gasteiger partial charge is 0.337 e. The van der Waals surface area contributed by atoms with E-state index in [1.54, 1.807) is 18.2 Å². The number of carbonyl (C=O) groups is 2. The molecule has 1 amide bonds. The van der Waals surface area contributed by atoms with Gasteiger partial charge in [0.2, 0.25) is 0 Å². The topological polar surface area (TPSA) is 71.2 Å². The zero-order valence-corrected chi connectivity index (χ0v) is 13.3. The lowest BCUT2D eigenvalue weighted by Gasteiger charge is -2.05. The number of esters is 1. The number of aromatic nitrogens is 1. The van der Waals surface area contributed by atoms with Gasteiger partial charge in [0.15, 0.2) is 0 Å². The summed E-state index contributed by atoms with van der Waals surface area (Å²) >= 11 is 0. The lowest BCUT2D eigenvalue weighted by molar-refractivity contribution is 0.0600. The van der Waals surface area contributed by atoms with Gasteiger partial charge in [-0.05, 0) is 42.3 Å². The Hall–Kier alpha value is -3.08. The van der Waals surface area contributed by atoms with Crippen molar-refractivity contribution in [3.8, 4) is 0 Å². The maximum absolute atomic E-state index is 12.0. The molecule has 0 fully saturated rings. The number of rotatable bonds is 5. The van der Waals surface area contributed by atoms with Crippen molar-refractivity contribution >= 4 is 22.8 Å². The highest BCUT2D eigenvalue weighted by atomic mass is 16.5. The van der Waals surface area contributed by atoms with E-state index in [2.05, 4.69) is 10.3 Å². The SMILES string of the molecule is COC(=O)c1ccc2[nH]cc(CCNC(=O)c3ccccc3)c2c1. The quantitative estimate of drug-likeness (QED) is 0.710. The number of ether oxygens (including phenoxy) is 1. The van der Waals surface area contributed by atoms with Crippen LogP contribution in [0, 0.1) is 0 Å². The third kappa shape index (κ3) is 3.30. The fraction of sp³-hybridized carbons (Fsp3) is 0.158. The molecule has 24 heavy (non-hydrogen) atoms. The van der Waals surface area contributed by atoms with Crippen molar-refractivity contribution in [3.05, 3.63) is 71.4 Å². The molecular formula is C19H18N2O3. The third-order valence-corrected chi connectivity index (χ3v) is 3.90. The molecule has 0 aliphatic carbocycles. The second-order valence-corrected chi connectivity index (χ2v) is 5.44. The van der Waals surface area contributed by atoms with Gasteiger partial charge in [-0.25, -0.2) is 4.79 Å². The van der Waals surface area contributed by atoms with Gasteiger partial charge >= 0.3 is 5.97 Å². The standard InChI is InChI=1S/C19H18N2O3/c1-24-19(23)14-7-8-17-16(11-14)15(12-21-17)9-10-20-18(22)13-5-3-2-4-6-13/h2-8,11-12,21H,9-10H2,1H3,(H,20,22). The van der Waals surface area contributed by atoms with Gasteiger partial charge in [-0.15, -0.1) is 0 Å². The summed E-state index contributed by atoms with van der Waals surface area (Å²) in [6, 6.07) is 14.5. The summed E-state index contributed by atoms with van der Waals surface area (Å²) in [6.07, 6.45) is 2.57. The van der Waals surface area contributed by atoms with Crippen LogP contribution >= 0.6 is 0 Å². The summed E-state index contributed by atoms with van der Waals surface area (Å²) in [6.45, 7) is 0.517. The van der Waals surface area contributed by atoms with Crippen LogP contribution in [0.25, 0.3) is 10.9 Å². The predicted molar refractivity (Wildman–Crippen MR) is 92.1 cm³/mol. The van der Waals surface area contributed by atoms with E-state index >= 15 is 0 Å². The Labute approximate surface area is 139 Å². The number of aromatic amines is 1. The fourth-order valence-corrected chi connectivity index (χ4v) is 2.63. The lowest BCUT2D eigenvalue weighted by atomic mass is 10.1. The van der Waals surface area contributed by atoms with Crippen LogP contribution in [0.1, 0.15) is 26.3 Å². The highest BCUT2D eigenvalue weighted by Gasteiger charge is 2.10. The van der Waals surface area contributed by atoms with Gasteiger partial charge in [-0.2, -0.15) is 0 Å². The molecule has 0 aliphatic rings. The summed E-state index contributed by atoms with van der Waals surface area (Å²) in [5.41, 5.74) is 3.15. The Morgan fingerprint density at radius 1 is 1.08 bits per heavy atom. The van der Waals surface area contributed by atoms with Crippen LogP contribution < -0.4 is 5.32 Å². The lowest BCUT2D eigenvalue weighted by Crippen LogP contribution is -2.25. The van der Waals surface area contributed by atoms with Crippen molar-refractivity contribution in [1.82, 2.24) is 10.3 Å². The molecule has 3 rings (SSSR count). The largest absolute Gasteiger partial charge is 0.465 e. The van der Waals surface area contributed by atoms with Gasteiger partial charge in [0, 0.05) is 29.2 Å². The van der Waals surface area contributed by atoms with E-state index in [-0.39, 0.29) is 11.9 Å². The molecule has 0 radical (unpaired) electrons. The normalized spacial score (nSPS) is 10.5. The van der Waals surface area contributed by atoms with Gasteiger partial charge in [-0.3, -0.25) is 4.79 Å².